The van der Waals surface area contributed by atoms with E-state index in [1.165, 1.54) is 18.2 Å². The largest absolute Gasteiger partial charge is 0.516 e. The summed E-state index contributed by atoms with van der Waals surface area (Å²) in [7, 11) is -5.59. The van der Waals surface area contributed by atoms with Crippen LogP contribution in [0.2, 0.25) is 0 Å². The molecule has 3 aromatic carbocycles. The number of ether oxygens (including phenoxy) is 1. The molecule has 0 aliphatic carbocycles. The van der Waals surface area contributed by atoms with Crippen molar-refractivity contribution in [2.45, 2.75) is 18.0 Å². The number of thiazole rings is 1. The maximum atomic E-state index is 12.9. The van der Waals surface area contributed by atoms with E-state index in [1.807, 2.05) is 30.3 Å². The third-order valence-corrected chi connectivity index (χ3v) is 8.22. The Hall–Kier alpha value is -3.41. The number of sulfonamides is 1. The minimum absolute atomic E-state index is 0.214. The quantitative estimate of drug-likeness (QED) is 0.309. The predicted octanol–water partition coefficient (Wildman–Crippen LogP) is 6.02. The zero-order chi connectivity index (χ0) is 26.2. The number of benzene rings is 3. The Labute approximate surface area is 215 Å². The van der Waals surface area contributed by atoms with E-state index < -0.39 is 21.6 Å². The Bertz CT molecular complexity index is 1520. The minimum Gasteiger partial charge on any atom is -0.493 e. The number of aliphatic hydroxyl groups is 1. The van der Waals surface area contributed by atoms with Gasteiger partial charge in [0.25, 0.3) is 0 Å². The van der Waals surface area contributed by atoms with Crippen LogP contribution < -0.4 is 9.46 Å². The molecule has 0 saturated heterocycles. The second-order valence-electron chi connectivity index (χ2n) is 8.57. The fourth-order valence-corrected chi connectivity index (χ4v) is 5.78. The Morgan fingerprint density at radius 1 is 1.03 bits per heavy atom. The van der Waals surface area contributed by atoms with E-state index in [-0.39, 0.29) is 23.8 Å². The highest BCUT2D eigenvalue weighted by atomic mass is 32.2. The molecule has 1 aliphatic rings. The molecule has 0 fully saturated rings. The van der Waals surface area contributed by atoms with E-state index in [4.69, 9.17) is 4.74 Å². The molecule has 2 N–H and O–H groups in total. The van der Waals surface area contributed by atoms with Crippen LogP contribution in [0.25, 0.3) is 21.7 Å². The molecule has 192 valence electrons. The molecule has 1 aromatic heterocycles. The number of nitrogens with zero attached hydrogens (tertiary/aromatic N) is 1. The lowest BCUT2D eigenvalue weighted by Gasteiger charge is -2.30. The van der Waals surface area contributed by atoms with Crippen molar-refractivity contribution in [3.05, 3.63) is 89.4 Å². The summed E-state index contributed by atoms with van der Waals surface area (Å²) in [6.07, 6.45) is 1.55. The monoisotopic (exact) mass is 546 g/mol. The molecule has 1 aliphatic heterocycles. The summed E-state index contributed by atoms with van der Waals surface area (Å²) in [5, 5.41) is 11.9. The van der Waals surface area contributed by atoms with E-state index in [0.717, 1.165) is 15.4 Å². The van der Waals surface area contributed by atoms with E-state index in [9.17, 15) is 26.7 Å². The second-order valence-corrected chi connectivity index (χ2v) is 11.4. The molecule has 5 rings (SSSR count). The summed E-state index contributed by atoms with van der Waals surface area (Å²) in [5.41, 5.74) is -3.39. The Morgan fingerprint density at radius 2 is 1.76 bits per heavy atom. The lowest BCUT2D eigenvalue weighted by Crippen LogP contribution is -2.30. The van der Waals surface area contributed by atoms with E-state index in [2.05, 4.69) is 4.98 Å². The SMILES string of the molecule is O=S(=O)(Nc1ccccc1-c1ccc2c(c1)OCC(Cc1cnc(-c3ccccc3)s1)[C@H]2O)C(F)(F)F. The third kappa shape index (κ3) is 5.20. The number of rotatable bonds is 6. The molecule has 0 radical (unpaired) electrons. The van der Waals surface area contributed by atoms with Crippen LogP contribution in [-0.2, 0) is 16.4 Å². The number of hydrogen-bond acceptors (Lipinski definition) is 6. The molecular formula is C26H21F3N2O4S2. The van der Waals surface area contributed by atoms with Crippen molar-refractivity contribution < 1.29 is 31.4 Å². The van der Waals surface area contributed by atoms with Gasteiger partial charge in [-0.2, -0.15) is 21.6 Å². The Morgan fingerprint density at radius 3 is 2.51 bits per heavy atom. The summed E-state index contributed by atoms with van der Waals surface area (Å²) in [5.74, 6) is 0.178. The highest BCUT2D eigenvalue weighted by Crippen LogP contribution is 2.41. The average Bonchev–Trinajstić information content (AvgIpc) is 3.34. The van der Waals surface area contributed by atoms with Gasteiger partial charge in [0, 0.05) is 33.7 Å². The van der Waals surface area contributed by atoms with Crippen LogP contribution in [-0.4, -0.2) is 30.6 Å². The lowest BCUT2D eigenvalue weighted by molar-refractivity contribution is -0.0429. The maximum absolute atomic E-state index is 12.9. The zero-order valence-electron chi connectivity index (χ0n) is 19.1. The number of fused-ring (bicyclic) bond motifs is 1. The first kappa shape index (κ1) is 25.2. The van der Waals surface area contributed by atoms with Gasteiger partial charge in [-0.3, -0.25) is 4.72 Å². The number of alkyl halides is 3. The molecule has 0 spiro atoms. The summed E-state index contributed by atoms with van der Waals surface area (Å²) < 4.78 is 69.6. The fraction of sp³-hybridized carbons (Fsp3) is 0.192. The Balaban J connectivity index is 1.36. The van der Waals surface area contributed by atoms with Gasteiger partial charge in [-0.05, 0) is 24.1 Å². The average molecular weight is 547 g/mol. The Kier molecular flexibility index (Phi) is 6.69. The summed E-state index contributed by atoms with van der Waals surface area (Å²) in [6.45, 7) is 0.235. The molecule has 1 unspecified atom stereocenters. The van der Waals surface area contributed by atoms with Gasteiger partial charge in [0.1, 0.15) is 10.8 Å². The number of aliphatic hydroxyl groups excluding tert-OH is 1. The normalized spacial score (nSPS) is 17.6. The number of anilines is 1. The van der Waals surface area contributed by atoms with Gasteiger partial charge < -0.3 is 9.84 Å². The number of nitrogens with one attached hydrogen (secondary N) is 1. The van der Waals surface area contributed by atoms with Gasteiger partial charge in [-0.1, -0.05) is 60.7 Å². The number of aromatic nitrogens is 1. The molecular weight excluding hydrogens is 525 g/mol. The highest BCUT2D eigenvalue weighted by molar-refractivity contribution is 7.93. The van der Waals surface area contributed by atoms with Crippen molar-refractivity contribution in [3.8, 4) is 27.4 Å². The summed E-state index contributed by atoms with van der Waals surface area (Å²) in [4.78, 5) is 5.50. The molecule has 0 amide bonds. The van der Waals surface area contributed by atoms with Gasteiger partial charge in [-0.15, -0.1) is 11.3 Å². The van der Waals surface area contributed by atoms with Crippen LogP contribution in [0.3, 0.4) is 0 Å². The van der Waals surface area contributed by atoms with Crippen molar-refractivity contribution >= 4 is 27.0 Å². The molecule has 11 heteroatoms. The fourth-order valence-electron chi connectivity index (χ4n) is 4.18. The molecule has 0 saturated carbocycles. The van der Waals surface area contributed by atoms with Gasteiger partial charge in [0.2, 0.25) is 0 Å². The first-order valence-corrected chi connectivity index (χ1v) is 13.6. The van der Waals surface area contributed by atoms with Crippen molar-refractivity contribution in [1.29, 1.82) is 0 Å². The topological polar surface area (TPSA) is 88.5 Å². The van der Waals surface area contributed by atoms with E-state index in [0.29, 0.717) is 23.3 Å². The molecule has 2 atom stereocenters. The minimum atomic E-state index is -5.59. The molecule has 0 bridgehead atoms. The maximum Gasteiger partial charge on any atom is 0.516 e. The predicted molar refractivity (Wildman–Crippen MR) is 136 cm³/mol. The van der Waals surface area contributed by atoms with Crippen molar-refractivity contribution in [2.24, 2.45) is 5.92 Å². The van der Waals surface area contributed by atoms with Gasteiger partial charge in [0.15, 0.2) is 0 Å². The van der Waals surface area contributed by atoms with Crippen molar-refractivity contribution in [1.82, 2.24) is 4.98 Å². The van der Waals surface area contributed by atoms with Crippen LogP contribution in [0.15, 0.2) is 79.0 Å². The van der Waals surface area contributed by atoms with Crippen LogP contribution in [0.5, 0.6) is 5.75 Å². The van der Waals surface area contributed by atoms with E-state index in [1.54, 1.807) is 46.5 Å². The lowest BCUT2D eigenvalue weighted by atomic mass is 9.89. The van der Waals surface area contributed by atoms with Crippen LogP contribution in [0.4, 0.5) is 18.9 Å². The smallest absolute Gasteiger partial charge is 0.493 e. The molecule has 37 heavy (non-hydrogen) atoms. The number of para-hydroxylation sites is 1. The van der Waals surface area contributed by atoms with Gasteiger partial charge >= 0.3 is 15.5 Å². The van der Waals surface area contributed by atoms with E-state index >= 15 is 0 Å². The second kappa shape index (κ2) is 9.81. The highest BCUT2D eigenvalue weighted by Gasteiger charge is 2.46. The number of halogens is 3. The molecule has 4 aromatic rings. The first-order chi connectivity index (χ1) is 17.6. The first-order valence-electron chi connectivity index (χ1n) is 11.3. The van der Waals surface area contributed by atoms with Gasteiger partial charge in [0.05, 0.1) is 18.4 Å². The third-order valence-electron chi connectivity index (χ3n) is 6.06. The summed E-state index contributed by atoms with van der Waals surface area (Å²) in [6, 6.07) is 20.5. The number of hydrogen-bond donors (Lipinski definition) is 2. The van der Waals surface area contributed by atoms with Crippen LogP contribution in [0, 0.1) is 5.92 Å². The van der Waals surface area contributed by atoms with Crippen LogP contribution >= 0.6 is 11.3 Å². The zero-order valence-corrected chi connectivity index (χ0v) is 20.8. The van der Waals surface area contributed by atoms with Gasteiger partial charge in [-0.25, -0.2) is 4.98 Å². The van der Waals surface area contributed by atoms with Crippen LogP contribution in [0.1, 0.15) is 16.5 Å². The summed E-state index contributed by atoms with van der Waals surface area (Å²) >= 11 is 1.56. The molecule has 6 nitrogen and oxygen atoms in total. The molecule has 2 heterocycles. The van der Waals surface area contributed by atoms with Crippen molar-refractivity contribution in [2.75, 3.05) is 11.3 Å². The standard InChI is InChI=1S/C26H21F3N2O4S2/c27-26(28,29)37(33,34)31-22-9-5-4-8-20(22)17-10-11-21-23(13-17)35-15-18(24(21)32)12-19-14-30-25(36-19)16-6-2-1-3-7-16/h1-11,13-14,18,24,31-32H,12,15H2/t18?,24-/m1/s1. The van der Waals surface area contributed by atoms with Crippen molar-refractivity contribution in [3.63, 3.8) is 0 Å².